The van der Waals surface area contributed by atoms with Crippen molar-refractivity contribution in [1.82, 2.24) is 0 Å². The smallest absolute Gasteiger partial charge is 0.133 e. The molecule has 0 bridgehead atoms. The van der Waals surface area contributed by atoms with Crippen molar-refractivity contribution >= 4 is 34.4 Å². The van der Waals surface area contributed by atoms with E-state index >= 15 is 0 Å². The molecule has 0 saturated carbocycles. The largest absolute Gasteiger partial charge is 0.508 e. The number of hydrogen-bond donors (Lipinski definition) is 2. The number of halogens is 1. The Balaban J connectivity index is 2.23. The van der Waals surface area contributed by atoms with Gasteiger partial charge >= 0.3 is 0 Å². The maximum atomic E-state index is 9.62. The molecule has 0 unspecified atom stereocenters. The van der Waals surface area contributed by atoms with E-state index in [0.29, 0.717) is 0 Å². The van der Waals surface area contributed by atoms with Crippen LogP contribution in [0.2, 0.25) is 0 Å². The summed E-state index contributed by atoms with van der Waals surface area (Å²) in [7, 11) is 0. The Morgan fingerprint density at radius 2 is 1.62 bits per heavy atom. The molecule has 0 aromatic heterocycles. The van der Waals surface area contributed by atoms with E-state index in [0.717, 1.165) is 9.79 Å². The molecule has 0 heterocycles. The Morgan fingerprint density at radius 1 is 0.938 bits per heavy atom. The highest BCUT2D eigenvalue weighted by Crippen LogP contribution is 2.36. The Labute approximate surface area is 111 Å². The quantitative estimate of drug-likeness (QED) is 0.813. The molecule has 2 rings (SSSR count). The van der Waals surface area contributed by atoms with Crippen molar-refractivity contribution in [2.75, 3.05) is 0 Å². The van der Waals surface area contributed by atoms with Gasteiger partial charge in [-0.15, -0.1) is 0 Å². The molecule has 16 heavy (non-hydrogen) atoms. The fraction of sp³-hybridized carbons (Fsp3) is 0. The molecular formula is C12H9IO2S. The number of phenols is 2. The van der Waals surface area contributed by atoms with Crippen LogP contribution in [0, 0.1) is 3.57 Å². The lowest BCUT2D eigenvalue weighted by Crippen LogP contribution is -1.76. The Kier molecular flexibility index (Phi) is 3.60. The summed E-state index contributed by atoms with van der Waals surface area (Å²) >= 11 is 3.71. The van der Waals surface area contributed by atoms with Crippen LogP contribution in [-0.4, -0.2) is 10.2 Å². The van der Waals surface area contributed by atoms with E-state index in [-0.39, 0.29) is 11.5 Å². The minimum atomic E-state index is 0.0736. The monoisotopic (exact) mass is 344 g/mol. The number of aromatic hydroxyl groups is 2. The van der Waals surface area contributed by atoms with Gasteiger partial charge in [-0.2, -0.15) is 0 Å². The lowest BCUT2D eigenvalue weighted by molar-refractivity contribution is 0.442. The first kappa shape index (κ1) is 11.6. The van der Waals surface area contributed by atoms with Crippen LogP contribution >= 0.6 is 34.4 Å². The molecule has 2 aromatic rings. The number of phenolic OH excluding ortho intramolecular Hbond substituents is 2. The second kappa shape index (κ2) is 4.97. The zero-order valence-electron chi connectivity index (χ0n) is 8.22. The molecule has 0 aliphatic heterocycles. The lowest BCUT2D eigenvalue weighted by atomic mass is 10.3. The first-order valence-corrected chi connectivity index (χ1v) is 6.50. The summed E-state index contributed by atoms with van der Waals surface area (Å²) in [4.78, 5) is 1.79. The summed E-state index contributed by atoms with van der Waals surface area (Å²) < 4.78 is 1.18. The predicted molar refractivity (Wildman–Crippen MR) is 73.1 cm³/mol. The minimum Gasteiger partial charge on any atom is -0.508 e. The van der Waals surface area contributed by atoms with Crippen LogP contribution in [0.3, 0.4) is 0 Å². The standard InChI is InChI=1S/C12H9IO2S/c13-8-1-4-10(5-2-8)16-12-6-3-9(14)7-11(12)15/h1-7,14-15H. The zero-order chi connectivity index (χ0) is 11.5. The van der Waals surface area contributed by atoms with Gasteiger partial charge in [-0.3, -0.25) is 0 Å². The summed E-state index contributed by atoms with van der Waals surface area (Å²) in [6, 6.07) is 12.6. The van der Waals surface area contributed by atoms with Gasteiger partial charge < -0.3 is 10.2 Å². The van der Waals surface area contributed by atoms with Crippen LogP contribution in [-0.2, 0) is 0 Å². The highest BCUT2D eigenvalue weighted by atomic mass is 127. The number of rotatable bonds is 2. The Morgan fingerprint density at radius 3 is 2.25 bits per heavy atom. The van der Waals surface area contributed by atoms with Crippen LogP contribution in [0.15, 0.2) is 52.3 Å². The van der Waals surface area contributed by atoms with E-state index < -0.39 is 0 Å². The minimum absolute atomic E-state index is 0.0736. The summed E-state index contributed by atoms with van der Waals surface area (Å²) in [6.45, 7) is 0. The molecule has 0 aliphatic rings. The van der Waals surface area contributed by atoms with Gasteiger partial charge in [-0.1, -0.05) is 11.8 Å². The van der Waals surface area contributed by atoms with Gasteiger partial charge in [0.25, 0.3) is 0 Å². The normalized spacial score (nSPS) is 10.3. The SMILES string of the molecule is Oc1ccc(Sc2ccc(I)cc2)c(O)c1. The third-order valence-corrected chi connectivity index (χ3v) is 3.78. The van der Waals surface area contributed by atoms with Crippen LogP contribution < -0.4 is 0 Å². The molecule has 0 fully saturated rings. The van der Waals surface area contributed by atoms with Crippen molar-refractivity contribution in [3.63, 3.8) is 0 Å². The fourth-order valence-corrected chi connectivity index (χ4v) is 2.41. The van der Waals surface area contributed by atoms with Crippen molar-refractivity contribution in [2.45, 2.75) is 9.79 Å². The maximum absolute atomic E-state index is 9.62. The van der Waals surface area contributed by atoms with Crippen LogP contribution in [0.1, 0.15) is 0 Å². The highest BCUT2D eigenvalue weighted by molar-refractivity contribution is 14.1. The van der Waals surface area contributed by atoms with Crippen molar-refractivity contribution in [2.24, 2.45) is 0 Å². The van der Waals surface area contributed by atoms with Crippen molar-refractivity contribution in [1.29, 1.82) is 0 Å². The van der Waals surface area contributed by atoms with Gasteiger partial charge in [-0.25, -0.2) is 0 Å². The first-order valence-electron chi connectivity index (χ1n) is 4.60. The average Bonchev–Trinajstić information content (AvgIpc) is 2.25. The third-order valence-electron chi connectivity index (χ3n) is 1.98. The van der Waals surface area contributed by atoms with E-state index in [9.17, 15) is 5.11 Å². The molecular weight excluding hydrogens is 335 g/mol. The Hall–Kier alpha value is -0.880. The molecule has 0 saturated heterocycles. The first-order chi connectivity index (χ1) is 7.65. The van der Waals surface area contributed by atoms with E-state index in [2.05, 4.69) is 22.6 Å². The molecule has 4 heteroatoms. The van der Waals surface area contributed by atoms with E-state index in [1.54, 1.807) is 12.1 Å². The topological polar surface area (TPSA) is 40.5 Å². The lowest BCUT2D eigenvalue weighted by Gasteiger charge is -2.04. The van der Waals surface area contributed by atoms with E-state index in [1.165, 1.54) is 21.4 Å². The zero-order valence-corrected chi connectivity index (χ0v) is 11.2. The molecule has 0 amide bonds. The van der Waals surface area contributed by atoms with Crippen LogP contribution in [0.4, 0.5) is 0 Å². The maximum Gasteiger partial charge on any atom is 0.133 e. The second-order valence-electron chi connectivity index (χ2n) is 3.21. The average molecular weight is 344 g/mol. The molecule has 0 spiro atoms. The van der Waals surface area contributed by atoms with Gasteiger partial charge in [0.15, 0.2) is 0 Å². The Bertz CT molecular complexity index is 497. The van der Waals surface area contributed by atoms with Gasteiger partial charge in [0.05, 0.1) is 4.90 Å². The summed E-state index contributed by atoms with van der Waals surface area (Å²) in [5.74, 6) is 0.174. The number of benzene rings is 2. The molecule has 82 valence electrons. The molecule has 0 atom stereocenters. The molecule has 2 nitrogen and oxygen atoms in total. The van der Waals surface area contributed by atoms with Gasteiger partial charge in [0, 0.05) is 14.5 Å². The van der Waals surface area contributed by atoms with Crippen LogP contribution in [0.5, 0.6) is 11.5 Å². The third kappa shape index (κ3) is 2.82. The predicted octanol–water partition coefficient (Wildman–Crippen LogP) is 3.85. The van der Waals surface area contributed by atoms with Gasteiger partial charge in [-0.05, 0) is 59.0 Å². The summed E-state index contributed by atoms with van der Waals surface area (Å²) in [5, 5.41) is 18.8. The fourth-order valence-electron chi connectivity index (χ4n) is 1.22. The van der Waals surface area contributed by atoms with E-state index in [4.69, 9.17) is 5.11 Å². The molecule has 2 aromatic carbocycles. The van der Waals surface area contributed by atoms with Crippen molar-refractivity contribution < 1.29 is 10.2 Å². The van der Waals surface area contributed by atoms with Crippen molar-refractivity contribution in [3.8, 4) is 11.5 Å². The van der Waals surface area contributed by atoms with Gasteiger partial charge in [0.1, 0.15) is 11.5 Å². The second-order valence-corrected chi connectivity index (χ2v) is 5.57. The molecule has 2 N–H and O–H groups in total. The highest BCUT2D eigenvalue weighted by Gasteiger charge is 2.04. The van der Waals surface area contributed by atoms with Crippen LogP contribution in [0.25, 0.3) is 0 Å². The van der Waals surface area contributed by atoms with Crippen molar-refractivity contribution in [3.05, 3.63) is 46.0 Å². The van der Waals surface area contributed by atoms with E-state index in [1.807, 2.05) is 24.3 Å². The van der Waals surface area contributed by atoms with Gasteiger partial charge in [0.2, 0.25) is 0 Å². The number of hydrogen-bond acceptors (Lipinski definition) is 3. The summed E-state index contributed by atoms with van der Waals surface area (Å²) in [6.07, 6.45) is 0. The summed E-state index contributed by atoms with van der Waals surface area (Å²) in [5.41, 5.74) is 0. The molecule has 0 aliphatic carbocycles. The molecule has 0 radical (unpaired) electrons.